The van der Waals surface area contributed by atoms with E-state index >= 15 is 0 Å². The summed E-state index contributed by atoms with van der Waals surface area (Å²) in [6, 6.07) is 7.43. The van der Waals surface area contributed by atoms with Crippen LogP contribution >= 0.6 is 11.6 Å². The molecule has 108 valence electrons. The van der Waals surface area contributed by atoms with Gasteiger partial charge in [0.15, 0.2) is 0 Å². The van der Waals surface area contributed by atoms with Gasteiger partial charge in [-0.25, -0.2) is 4.98 Å². The van der Waals surface area contributed by atoms with Crippen LogP contribution in [0.25, 0.3) is 0 Å². The summed E-state index contributed by atoms with van der Waals surface area (Å²) < 4.78 is 2.05. The minimum atomic E-state index is -0.554. The number of aromatic nitrogens is 2. The largest absolute Gasteiger partial charge is 0.387 e. The second-order valence-corrected chi connectivity index (χ2v) is 5.36. The number of hydrogen-bond donors (Lipinski definition) is 1. The highest BCUT2D eigenvalue weighted by molar-refractivity contribution is 6.31. The highest BCUT2D eigenvalue weighted by Crippen LogP contribution is 2.22. The van der Waals surface area contributed by atoms with E-state index in [1.165, 1.54) is 0 Å². The van der Waals surface area contributed by atoms with Crippen LogP contribution in [-0.4, -0.2) is 39.7 Å². The molecule has 0 amide bonds. The normalized spacial score (nSPS) is 12.8. The van der Waals surface area contributed by atoms with Crippen molar-refractivity contribution in [1.82, 2.24) is 14.5 Å². The fraction of sp³-hybridized carbons (Fsp3) is 0.400. The van der Waals surface area contributed by atoms with E-state index in [2.05, 4.69) is 14.5 Å². The summed E-state index contributed by atoms with van der Waals surface area (Å²) in [7, 11) is 2.01. The van der Waals surface area contributed by atoms with Crippen molar-refractivity contribution < 1.29 is 5.11 Å². The summed E-state index contributed by atoms with van der Waals surface area (Å²) in [5.74, 6) is 0. The molecular weight excluding hydrogens is 274 g/mol. The predicted octanol–water partition coefficient (Wildman–Crippen LogP) is 2.59. The lowest BCUT2D eigenvalue weighted by Crippen LogP contribution is -2.26. The number of likely N-dealkylation sites (N-methyl/N-ethyl adjacent to an activating group) is 1. The van der Waals surface area contributed by atoms with Gasteiger partial charge in [0.25, 0.3) is 0 Å². The Hall–Kier alpha value is -1.36. The van der Waals surface area contributed by atoms with E-state index in [0.717, 1.165) is 25.1 Å². The zero-order valence-corrected chi connectivity index (χ0v) is 12.4. The molecule has 0 aliphatic carbocycles. The summed E-state index contributed by atoms with van der Waals surface area (Å²) >= 11 is 6.09. The molecule has 0 aliphatic rings. The lowest BCUT2D eigenvalue weighted by atomic mass is 10.1. The van der Waals surface area contributed by atoms with Crippen LogP contribution in [0.5, 0.6) is 0 Å². The van der Waals surface area contributed by atoms with Crippen molar-refractivity contribution in [1.29, 1.82) is 0 Å². The van der Waals surface area contributed by atoms with Crippen LogP contribution < -0.4 is 0 Å². The summed E-state index contributed by atoms with van der Waals surface area (Å²) in [4.78, 5) is 6.13. The second-order valence-electron chi connectivity index (χ2n) is 4.95. The monoisotopic (exact) mass is 293 g/mol. The molecule has 0 bridgehead atoms. The molecule has 1 atom stereocenters. The number of hydrogen-bond acceptors (Lipinski definition) is 3. The summed E-state index contributed by atoms with van der Waals surface area (Å²) in [6.45, 7) is 2.43. The minimum Gasteiger partial charge on any atom is -0.387 e. The predicted molar refractivity (Wildman–Crippen MR) is 80.8 cm³/mol. The summed E-state index contributed by atoms with van der Waals surface area (Å²) in [5, 5.41) is 10.8. The molecule has 20 heavy (non-hydrogen) atoms. The van der Waals surface area contributed by atoms with Crippen LogP contribution in [0.4, 0.5) is 0 Å². The molecule has 0 fully saturated rings. The van der Waals surface area contributed by atoms with Crippen molar-refractivity contribution in [3.63, 3.8) is 0 Å². The summed E-state index contributed by atoms with van der Waals surface area (Å²) in [5.41, 5.74) is 0.788. The Balaban J connectivity index is 1.76. The van der Waals surface area contributed by atoms with Gasteiger partial charge in [-0.1, -0.05) is 29.8 Å². The Bertz CT molecular complexity index is 516. The molecule has 1 unspecified atom stereocenters. The zero-order chi connectivity index (χ0) is 14.4. The number of benzene rings is 1. The van der Waals surface area contributed by atoms with Crippen LogP contribution in [-0.2, 0) is 6.54 Å². The maximum absolute atomic E-state index is 10.2. The van der Waals surface area contributed by atoms with E-state index in [1.807, 2.05) is 37.8 Å². The van der Waals surface area contributed by atoms with E-state index in [0.29, 0.717) is 11.6 Å². The number of aliphatic hydroxyl groups excluding tert-OH is 1. The van der Waals surface area contributed by atoms with Gasteiger partial charge in [0.2, 0.25) is 0 Å². The molecule has 5 heteroatoms. The zero-order valence-electron chi connectivity index (χ0n) is 11.6. The Morgan fingerprint density at radius 3 is 2.90 bits per heavy atom. The molecule has 0 aliphatic heterocycles. The molecule has 0 spiro atoms. The van der Waals surface area contributed by atoms with Crippen LogP contribution in [0, 0.1) is 0 Å². The minimum absolute atomic E-state index is 0.554. The smallest absolute Gasteiger partial charge is 0.0945 e. The highest BCUT2D eigenvalue weighted by atomic mass is 35.5. The van der Waals surface area contributed by atoms with Gasteiger partial charge in [-0.15, -0.1) is 0 Å². The number of imidazole rings is 1. The maximum Gasteiger partial charge on any atom is 0.0945 e. The van der Waals surface area contributed by atoms with Gasteiger partial charge in [-0.2, -0.15) is 0 Å². The van der Waals surface area contributed by atoms with Crippen molar-refractivity contribution in [2.75, 3.05) is 20.1 Å². The molecule has 2 aromatic rings. The lowest BCUT2D eigenvalue weighted by Gasteiger charge is -2.21. The fourth-order valence-electron chi connectivity index (χ4n) is 2.17. The van der Waals surface area contributed by atoms with Crippen molar-refractivity contribution in [3.05, 3.63) is 53.6 Å². The van der Waals surface area contributed by atoms with Gasteiger partial charge >= 0.3 is 0 Å². The van der Waals surface area contributed by atoms with Gasteiger partial charge in [-0.3, -0.25) is 0 Å². The van der Waals surface area contributed by atoms with E-state index in [4.69, 9.17) is 11.6 Å². The standard InChI is InChI=1S/C15H20ClN3O/c1-18(8-4-9-19-10-7-17-12-19)11-15(20)13-5-2-3-6-14(13)16/h2-3,5-7,10,12,15,20H,4,8-9,11H2,1H3. The molecule has 1 aromatic heterocycles. The molecule has 0 saturated carbocycles. The van der Waals surface area contributed by atoms with Crippen LogP contribution in [0.15, 0.2) is 43.0 Å². The van der Waals surface area contributed by atoms with Crippen molar-refractivity contribution in [2.45, 2.75) is 19.1 Å². The first-order valence-corrected chi connectivity index (χ1v) is 7.11. The Morgan fingerprint density at radius 1 is 1.40 bits per heavy atom. The highest BCUT2D eigenvalue weighted by Gasteiger charge is 2.13. The van der Waals surface area contributed by atoms with Crippen LogP contribution in [0.1, 0.15) is 18.1 Å². The third-order valence-corrected chi connectivity index (χ3v) is 3.61. The number of rotatable bonds is 7. The molecule has 4 nitrogen and oxygen atoms in total. The Morgan fingerprint density at radius 2 is 2.20 bits per heavy atom. The van der Waals surface area contributed by atoms with E-state index in [1.54, 1.807) is 12.3 Å². The van der Waals surface area contributed by atoms with E-state index < -0.39 is 6.10 Å². The van der Waals surface area contributed by atoms with E-state index in [9.17, 15) is 5.11 Å². The molecule has 0 radical (unpaired) electrons. The van der Waals surface area contributed by atoms with Gasteiger partial charge in [0.05, 0.1) is 12.4 Å². The number of aliphatic hydroxyl groups is 1. The first-order chi connectivity index (χ1) is 9.66. The number of nitrogens with zero attached hydrogens (tertiary/aromatic N) is 3. The maximum atomic E-state index is 10.2. The molecule has 1 aromatic carbocycles. The average molecular weight is 294 g/mol. The van der Waals surface area contributed by atoms with Crippen molar-refractivity contribution >= 4 is 11.6 Å². The lowest BCUT2D eigenvalue weighted by molar-refractivity contribution is 0.125. The molecule has 0 saturated heterocycles. The van der Waals surface area contributed by atoms with E-state index in [-0.39, 0.29) is 0 Å². The Kier molecular flexibility index (Phi) is 5.59. The van der Waals surface area contributed by atoms with Crippen molar-refractivity contribution in [3.8, 4) is 0 Å². The van der Waals surface area contributed by atoms with Crippen molar-refractivity contribution in [2.24, 2.45) is 0 Å². The third-order valence-electron chi connectivity index (χ3n) is 3.26. The average Bonchev–Trinajstić information content (AvgIpc) is 2.92. The molecule has 1 heterocycles. The first kappa shape index (κ1) is 15.0. The quantitative estimate of drug-likeness (QED) is 0.853. The van der Waals surface area contributed by atoms with Crippen LogP contribution in [0.2, 0.25) is 5.02 Å². The van der Waals surface area contributed by atoms with Gasteiger partial charge in [-0.05, 0) is 26.1 Å². The number of aryl methyl sites for hydroxylation is 1. The second kappa shape index (κ2) is 7.43. The molecule has 1 N–H and O–H groups in total. The fourth-order valence-corrected chi connectivity index (χ4v) is 2.43. The third kappa shape index (κ3) is 4.34. The molecular formula is C15H20ClN3O. The van der Waals surface area contributed by atoms with Gasteiger partial charge in [0, 0.05) is 36.1 Å². The summed E-state index contributed by atoms with van der Waals surface area (Å²) in [6.07, 6.45) is 6.02. The first-order valence-electron chi connectivity index (χ1n) is 6.73. The SMILES string of the molecule is CN(CCCn1ccnc1)CC(O)c1ccccc1Cl. The van der Waals surface area contributed by atoms with Crippen LogP contribution in [0.3, 0.4) is 0 Å². The molecule has 2 rings (SSSR count). The topological polar surface area (TPSA) is 41.3 Å². The Labute approximate surface area is 124 Å². The van der Waals surface area contributed by atoms with Gasteiger partial charge in [0.1, 0.15) is 0 Å². The number of halogens is 1. The van der Waals surface area contributed by atoms with Gasteiger partial charge < -0.3 is 14.6 Å².